The first-order valence-corrected chi connectivity index (χ1v) is 8.63. The fourth-order valence-corrected chi connectivity index (χ4v) is 2.93. The molecule has 0 aliphatic carbocycles. The summed E-state index contributed by atoms with van der Waals surface area (Å²) in [6, 6.07) is 23.1. The minimum Gasteiger partial charge on any atom is -0.497 e. The fourth-order valence-electron chi connectivity index (χ4n) is 2.93. The Morgan fingerprint density at radius 2 is 1.70 bits per heavy atom. The molecule has 0 saturated heterocycles. The van der Waals surface area contributed by atoms with Gasteiger partial charge in [-0.05, 0) is 60.2 Å². The summed E-state index contributed by atoms with van der Waals surface area (Å²) in [4.78, 5) is 16.7. The Morgan fingerprint density at radius 1 is 0.963 bits per heavy atom. The van der Waals surface area contributed by atoms with E-state index in [1.165, 1.54) is 0 Å². The quantitative estimate of drug-likeness (QED) is 0.377. The zero-order valence-electron chi connectivity index (χ0n) is 14.9. The molecule has 0 bridgehead atoms. The molecular weight excluding hydrogens is 336 g/mol. The van der Waals surface area contributed by atoms with Gasteiger partial charge in [0.1, 0.15) is 12.1 Å². The lowest BCUT2D eigenvalue weighted by molar-refractivity contribution is 0.104. The number of fused-ring (bicyclic) bond motifs is 1. The first kappa shape index (κ1) is 16.8. The van der Waals surface area contributed by atoms with Crippen molar-refractivity contribution >= 4 is 22.9 Å². The summed E-state index contributed by atoms with van der Waals surface area (Å²) in [5.74, 6) is 0.695. The number of ketones is 1. The van der Waals surface area contributed by atoms with Gasteiger partial charge in [-0.1, -0.05) is 30.3 Å². The maximum Gasteiger partial charge on any atom is 0.185 e. The number of methoxy groups -OCH3 is 1. The van der Waals surface area contributed by atoms with E-state index in [4.69, 9.17) is 4.74 Å². The standard InChI is InChI=1S/C23H18N2O2/c1-27-20-13-9-18(10-14-20)23(26)15-8-17-6-11-19(12-7-17)25-16-24-21-4-2-3-5-22(21)25/h2-16H,1H3/b15-8+. The van der Waals surface area contributed by atoms with E-state index < -0.39 is 0 Å². The molecule has 0 aliphatic heterocycles. The van der Waals surface area contributed by atoms with Crippen molar-refractivity contribution in [3.63, 3.8) is 0 Å². The molecule has 0 amide bonds. The summed E-state index contributed by atoms with van der Waals surface area (Å²) in [6.07, 6.45) is 5.23. The summed E-state index contributed by atoms with van der Waals surface area (Å²) in [5.41, 5.74) is 4.66. The molecule has 0 unspecified atom stereocenters. The largest absolute Gasteiger partial charge is 0.497 e. The van der Waals surface area contributed by atoms with Crippen LogP contribution in [0.5, 0.6) is 5.75 Å². The normalized spacial score (nSPS) is 11.1. The van der Waals surface area contributed by atoms with Gasteiger partial charge in [0, 0.05) is 11.3 Å². The number of hydrogen-bond donors (Lipinski definition) is 0. The summed E-state index contributed by atoms with van der Waals surface area (Å²) in [7, 11) is 1.60. The molecule has 1 heterocycles. The molecule has 4 nitrogen and oxygen atoms in total. The summed E-state index contributed by atoms with van der Waals surface area (Å²) >= 11 is 0. The number of benzene rings is 3. The Bertz CT molecular complexity index is 1110. The van der Waals surface area contributed by atoms with E-state index in [0.29, 0.717) is 5.56 Å². The first-order valence-electron chi connectivity index (χ1n) is 8.63. The number of imidazole rings is 1. The van der Waals surface area contributed by atoms with Crippen molar-refractivity contribution in [1.29, 1.82) is 0 Å². The van der Waals surface area contributed by atoms with E-state index >= 15 is 0 Å². The number of carbonyl (C=O) groups excluding carboxylic acids is 1. The zero-order valence-corrected chi connectivity index (χ0v) is 14.9. The van der Waals surface area contributed by atoms with Gasteiger partial charge >= 0.3 is 0 Å². The minimum atomic E-state index is -0.0395. The van der Waals surface area contributed by atoms with Crippen LogP contribution in [0.1, 0.15) is 15.9 Å². The smallest absolute Gasteiger partial charge is 0.185 e. The van der Waals surface area contributed by atoms with Crippen LogP contribution in [0.3, 0.4) is 0 Å². The monoisotopic (exact) mass is 354 g/mol. The van der Waals surface area contributed by atoms with Crippen LogP contribution in [-0.4, -0.2) is 22.4 Å². The molecule has 27 heavy (non-hydrogen) atoms. The van der Waals surface area contributed by atoms with Crippen LogP contribution < -0.4 is 4.74 Å². The number of hydrogen-bond acceptors (Lipinski definition) is 3. The molecule has 0 spiro atoms. The molecule has 0 saturated carbocycles. The molecule has 4 aromatic rings. The molecule has 3 aromatic carbocycles. The van der Waals surface area contributed by atoms with Gasteiger partial charge in [-0.3, -0.25) is 9.36 Å². The molecule has 0 fully saturated rings. The second-order valence-corrected chi connectivity index (χ2v) is 6.12. The lowest BCUT2D eigenvalue weighted by Gasteiger charge is -2.04. The molecule has 0 atom stereocenters. The maximum absolute atomic E-state index is 12.3. The number of allylic oxidation sites excluding steroid dienone is 1. The van der Waals surface area contributed by atoms with Gasteiger partial charge in [0.25, 0.3) is 0 Å². The van der Waals surface area contributed by atoms with Crippen molar-refractivity contribution in [2.24, 2.45) is 0 Å². The zero-order chi connectivity index (χ0) is 18.6. The van der Waals surface area contributed by atoms with Crippen molar-refractivity contribution in [1.82, 2.24) is 9.55 Å². The van der Waals surface area contributed by atoms with Gasteiger partial charge in [0.05, 0.1) is 18.1 Å². The van der Waals surface area contributed by atoms with E-state index in [9.17, 15) is 4.79 Å². The third-order valence-electron chi connectivity index (χ3n) is 4.43. The van der Waals surface area contributed by atoms with Crippen LogP contribution in [0.15, 0.2) is 85.2 Å². The highest BCUT2D eigenvalue weighted by Gasteiger charge is 2.04. The van der Waals surface area contributed by atoms with Gasteiger partial charge in [-0.2, -0.15) is 0 Å². The van der Waals surface area contributed by atoms with E-state index in [-0.39, 0.29) is 5.78 Å². The van der Waals surface area contributed by atoms with E-state index in [1.807, 2.05) is 65.5 Å². The van der Waals surface area contributed by atoms with Crippen LogP contribution in [0.4, 0.5) is 0 Å². The van der Waals surface area contributed by atoms with E-state index in [2.05, 4.69) is 4.98 Å². The average molecular weight is 354 g/mol. The number of rotatable bonds is 5. The summed E-state index contributed by atoms with van der Waals surface area (Å²) < 4.78 is 7.16. The minimum absolute atomic E-state index is 0.0395. The lowest BCUT2D eigenvalue weighted by Crippen LogP contribution is -1.94. The Hall–Kier alpha value is -3.66. The Kier molecular flexibility index (Phi) is 4.54. The topological polar surface area (TPSA) is 44.1 Å². The second-order valence-electron chi connectivity index (χ2n) is 6.12. The second kappa shape index (κ2) is 7.30. The Morgan fingerprint density at radius 3 is 2.44 bits per heavy atom. The van der Waals surface area contributed by atoms with Crippen LogP contribution >= 0.6 is 0 Å². The number of carbonyl (C=O) groups is 1. The average Bonchev–Trinajstić information content (AvgIpc) is 3.16. The van der Waals surface area contributed by atoms with Crippen LogP contribution in [0.2, 0.25) is 0 Å². The maximum atomic E-state index is 12.3. The van der Waals surface area contributed by atoms with Crippen molar-refractivity contribution < 1.29 is 9.53 Å². The Labute approximate surface area is 157 Å². The lowest BCUT2D eigenvalue weighted by atomic mass is 10.1. The van der Waals surface area contributed by atoms with E-state index in [0.717, 1.165) is 28.0 Å². The molecule has 0 aliphatic rings. The van der Waals surface area contributed by atoms with Crippen LogP contribution in [0.25, 0.3) is 22.8 Å². The first-order chi connectivity index (χ1) is 13.2. The van der Waals surface area contributed by atoms with Gasteiger partial charge < -0.3 is 4.74 Å². The highest BCUT2D eigenvalue weighted by Crippen LogP contribution is 2.19. The fraction of sp³-hybridized carbons (Fsp3) is 0.0435. The number of aromatic nitrogens is 2. The highest BCUT2D eigenvalue weighted by molar-refractivity contribution is 6.06. The van der Waals surface area contributed by atoms with Gasteiger partial charge in [0.2, 0.25) is 0 Å². The van der Waals surface area contributed by atoms with Gasteiger partial charge in [-0.15, -0.1) is 0 Å². The molecule has 132 valence electrons. The molecular formula is C23H18N2O2. The molecule has 1 aromatic heterocycles. The van der Waals surface area contributed by atoms with E-state index in [1.54, 1.807) is 37.5 Å². The van der Waals surface area contributed by atoms with Crippen molar-refractivity contribution in [3.8, 4) is 11.4 Å². The Balaban J connectivity index is 1.52. The summed E-state index contributed by atoms with van der Waals surface area (Å²) in [6.45, 7) is 0. The third kappa shape index (κ3) is 3.51. The molecule has 0 N–H and O–H groups in total. The predicted molar refractivity (Wildman–Crippen MR) is 107 cm³/mol. The van der Waals surface area contributed by atoms with Crippen LogP contribution in [-0.2, 0) is 0 Å². The van der Waals surface area contributed by atoms with Crippen molar-refractivity contribution in [2.45, 2.75) is 0 Å². The highest BCUT2D eigenvalue weighted by atomic mass is 16.5. The molecule has 4 heteroatoms. The van der Waals surface area contributed by atoms with Crippen molar-refractivity contribution in [3.05, 3.63) is 96.3 Å². The number of nitrogens with zero attached hydrogens (tertiary/aromatic N) is 2. The number of para-hydroxylation sites is 2. The molecule has 4 rings (SSSR count). The predicted octanol–water partition coefficient (Wildman–Crippen LogP) is 4.93. The van der Waals surface area contributed by atoms with Gasteiger partial charge in [-0.25, -0.2) is 4.98 Å². The summed E-state index contributed by atoms with van der Waals surface area (Å²) in [5, 5.41) is 0. The van der Waals surface area contributed by atoms with Gasteiger partial charge in [0.15, 0.2) is 5.78 Å². The number of ether oxygens (including phenoxy) is 1. The SMILES string of the molecule is COc1ccc(C(=O)/C=C/c2ccc(-n3cnc4ccccc43)cc2)cc1. The van der Waals surface area contributed by atoms with Crippen LogP contribution in [0, 0.1) is 0 Å². The third-order valence-corrected chi connectivity index (χ3v) is 4.43. The molecule has 0 radical (unpaired) electrons. The van der Waals surface area contributed by atoms with Crippen molar-refractivity contribution in [2.75, 3.05) is 7.11 Å².